The minimum Gasteiger partial charge on any atom is -0.325 e. The van der Waals surface area contributed by atoms with Crippen LogP contribution in [0.25, 0.3) is 0 Å². The van der Waals surface area contributed by atoms with Gasteiger partial charge in [-0.05, 0) is 48.9 Å². The van der Waals surface area contributed by atoms with Crippen LogP contribution < -0.4 is 10.0 Å². The third-order valence-corrected chi connectivity index (χ3v) is 6.33. The third kappa shape index (κ3) is 5.37. The number of rotatable bonds is 7. The lowest BCUT2D eigenvalue weighted by Gasteiger charge is -2.13. The average molecular weight is 413 g/mol. The van der Waals surface area contributed by atoms with E-state index in [0.717, 1.165) is 10.5 Å². The zero-order valence-corrected chi connectivity index (χ0v) is 16.9. The van der Waals surface area contributed by atoms with Crippen molar-refractivity contribution in [2.24, 2.45) is 0 Å². The Morgan fingerprint density at radius 2 is 1.57 bits per heavy atom. The highest BCUT2D eigenvalue weighted by atomic mass is 32.2. The number of amides is 1. The normalized spacial score (nSPS) is 11.0. The van der Waals surface area contributed by atoms with Gasteiger partial charge in [-0.15, -0.1) is 11.8 Å². The summed E-state index contributed by atoms with van der Waals surface area (Å²) in [7, 11) is -3.69. The van der Waals surface area contributed by atoms with Crippen molar-refractivity contribution in [3.05, 3.63) is 84.4 Å². The zero-order chi connectivity index (χ0) is 20.0. The van der Waals surface area contributed by atoms with E-state index >= 15 is 0 Å². The van der Waals surface area contributed by atoms with Gasteiger partial charge in [0.05, 0.1) is 16.3 Å². The minimum absolute atomic E-state index is 0.158. The number of sulfonamides is 1. The highest BCUT2D eigenvalue weighted by Crippen LogP contribution is 2.24. The average Bonchev–Trinajstić information content (AvgIpc) is 2.70. The Hall–Kier alpha value is -2.77. The Morgan fingerprint density at radius 1 is 0.929 bits per heavy atom. The molecule has 0 fully saturated rings. The molecule has 0 aromatic heterocycles. The summed E-state index contributed by atoms with van der Waals surface area (Å²) in [6, 6.07) is 23.0. The molecule has 144 valence electrons. The largest absolute Gasteiger partial charge is 0.325 e. The predicted octanol–water partition coefficient (Wildman–Crippen LogP) is 4.53. The molecule has 0 saturated heterocycles. The van der Waals surface area contributed by atoms with E-state index in [1.807, 2.05) is 30.3 Å². The van der Waals surface area contributed by atoms with Crippen LogP contribution in [-0.2, 0) is 14.8 Å². The first-order valence-corrected chi connectivity index (χ1v) is 11.1. The molecular weight excluding hydrogens is 392 g/mol. The lowest BCUT2D eigenvalue weighted by molar-refractivity contribution is -0.113. The van der Waals surface area contributed by atoms with Gasteiger partial charge in [0, 0.05) is 10.6 Å². The molecule has 0 aliphatic rings. The summed E-state index contributed by atoms with van der Waals surface area (Å²) in [5.41, 5.74) is 1.73. The summed E-state index contributed by atoms with van der Waals surface area (Å²) < 4.78 is 27.7. The van der Waals surface area contributed by atoms with Crippen molar-refractivity contribution in [2.45, 2.75) is 16.7 Å². The maximum Gasteiger partial charge on any atom is 0.261 e. The Labute approximate surface area is 169 Å². The molecule has 7 heteroatoms. The fraction of sp³-hybridized carbons (Fsp3) is 0.0952. The Balaban J connectivity index is 1.68. The Kier molecular flexibility index (Phi) is 6.38. The number of hydrogen-bond acceptors (Lipinski definition) is 4. The molecule has 0 bridgehead atoms. The first-order chi connectivity index (χ1) is 13.4. The van der Waals surface area contributed by atoms with Gasteiger partial charge < -0.3 is 5.32 Å². The lowest BCUT2D eigenvalue weighted by atomic mass is 10.2. The first-order valence-electron chi connectivity index (χ1n) is 8.60. The molecule has 3 rings (SSSR count). The van der Waals surface area contributed by atoms with E-state index in [4.69, 9.17) is 0 Å². The van der Waals surface area contributed by atoms with E-state index in [9.17, 15) is 13.2 Å². The van der Waals surface area contributed by atoms with Crippen molar-refractivity contribution in [3.63, 3.8) is 0 Å². The fourth-order valence-electron chi connectivity index (χ4n) is 2.48. The van der Waals surface area contributed by atoms with Crippen molar-refractivity contribution < 1.29 is 13.2 Å². The standard InChI is InChI=1S/C21H20N2O3S2/c1-16-12-13-17(22-21(24)15-27-18-8-4-2-5-9-18)14-20(16)23-28(25,26)19-10-6-3-7-11-19/h2-14,23H,15H2,1H3,(H,22,24). The molecule has 1 amide bonds. The summed E-state index contributed by atoms with van der Waals surface area (Å²) in [6.45, 7) is 1.81. The second-order valence-electron chi connectivity index (χ2n) is 6.10. The van der Waals surface area contributed by atoms with Crippen LogP contribution in [0.4, 0.5) is 11.4 Å². The maximum absolute atomic E-state index is 12.5. The van der Waals surface area contributed by atoms with Crippen molar-refractivity contribution >= 4 is 39.1 Å². The van der Waals surface area contributed by atoms with Gasteiger partial charge in [-0.2, -0.15) is 0 Å². The lowest BCUT2D eigenvalue weighted by Crippen LogP contribution is -2.16. The summed E-state index contributed by atoms with van der Waals surface area (Å²) in [6.07, 6.45) is 0. The molecule has 0 atom stereocenters. The molecular formula is C21H20N2O3S2. The number of benzene rings is 3. The van der Waals surface area contributed by atoms with E-state index in [0.29, 0.717) is 11.4 Å². The van der Waals surface area contributed by atoms with Gasteiger partial charge in [0.25, 0.3) is 10.0 Å². The van der Waals surface area contributed by atoms with Crippen LogP contribution in [0, 0.1) is 6.92 Å². The number of aryl methyl sites for hydroxylation is 1. The summed E-state index contributed by atoms with van der Waals surface area (Å²) >= 11 is 1.44. The van der Waals surface area contributed by atoms with Crippen molar-refractivity contribution in [2.75, 3.05) is 15.8 Å². The second kappa shape index (κ2) is 8.95. The highest BCUT2D eigenvalue weighted by Gasteiger charge is 2.15. The van der Waals surface area contributed by atoms with Gasteiger partial charge in [0.2, 0.25) is 5.91 Å². The van der Waals surface area contributed by atoms with E-state index in [-0.39, 0.29) is 16.6 Å². The van der Waals surface area contributed by atoms with Gasteiger partial charge in [0.15, 0.2) is 0 Å². The van der Waals surface area contributed by atoms with E-state index < -0.39 is 10.0 Å². The van der Waals surface area contributed by atoms with Crippen LogP contribution in [0.2, 0.25) is 0 Å². The van der Waals surface area contributed by atoms with Crippen molar-refractivity contribution in [1.82, 2.24) is 0 Å². The van der Waals surface area contributed by atoms with E-state index in [1.54, 1.807) is 43.3 Å². The van der Waals surface area contributed by atoms with Gasteiger partial charge in [0.1, 0.15) is 0 Å². The van der Waals surface area contributed by atoms with Crippen LogP contribution in [0.5, 0.6) is 0 Å². The molecule has 0 aliphatic heterocycles. The van der Waals surface area contributed by atoms with Crippen molar-refractivity contribution in [3.8, 4) is 0 Å². The van der Waals surface area contributed by atoms with Crippen LogP contribution in [0.1, 0.15) is 5.56 Å². The predicted molar refractivity (Wildman–Crippen MR) is 114 cm³/mol. The van der Waals surface area contributed by atoms with E-state index in [2.05, 4.69) is 10.0 Å². The van der Waals surface area contributed by atoms with Crippen LogP contribution >= 0.6 is 11.8 Å². The van der Waals surface area contributed by atoms with Crippen LogP contribution in [0.3, 0.4) is 0 Å². The van der Waals surface area contributed by atoms with Gasteiger partial charge in [-0.25, -0.2) is 8.42 Å². The number of anilines is 2. The van der Waals surface area contributed by atoms with Crippen molar-refractivity contribution in [1.29, 1.82) is 0 Å². The monoisotopic (exact) mass is 412 g/mol. The van der Waals surface area contributed by atoms with Crippen LogP contribution in [0.15, 0.2) is 88.7 Å². The molecule has 3 aromatic carbocycles. The second-order valence-corrected chi connectivity index (χ2v) is 8.83. The highest BCUT2D eigenvalue weighted by molar-refractivity contribution is 8.00. The first kappa shape index (κ1) is 20.0. The molecule has 3 aromatic rings. The summed E-state index contributed by atoms with van der Waals surface area (Å²) in [4.78, 5) is 13.4. The molecule has 0 heterocycles. The van der Waals surface area contributed by atoms with Crippen LogP contribution in [-0.4, -0.2) is 20.1 Å². The molecule has 0 saturated carbocycles. The summed E-state index contributed by atoms with van der Waals surface area (Å²) in [5, 5.41) is 2.81. The summed E-state index contributed by atoms with van der Waals surface area (Å²) in [5.74, 6) is 0.109. The maximum atomic E-state index is 12.5. The topological polar surface area (TPSA) is 75.3 Å². The quantitative estimate of drug-likeness (QED) is 0.559. The molecule has 0 spiro atoms. The molecule has 5 nitrogen and oxygen atoms in total. The van der Waals surface area contributed by atoms with Gasteiger partial charge in [-0.1, -0.05) is 42.5 Å². The molecule has 0 aliphatic carbocycles. The Morgan fingerprint density at radius 3 is 2.25 bits per heavy atom. The minimum atomic E-state index is -3.69. The molecule has 0 radical (unpaired) electrons. The third-order valence-electron chi connectivity index (χ3n) is 3.93. The Bertz CT molecular complexity index is 1050. The number of carbonyl (C=O) groups is 1. The SMILES string of the molecule is Cc1ccc(NC(=O)CSc2ccccc2)cc1NS(=O)(=O)c1ccccc1. The number of thioether (sulfide) groups is 1. The molecule has 28 heavy (non-hydrogen) atoms. The molecule has 2 N–H and O–H groups in total. The fourth-order valence-corrected chi connectivity index (χ4v) is 4.34. The smallest absolute Gasteiger partial charge is 0.261 e. The molecule has 0 unspecified atom stereocenters. The number of nitrogens with one attached hydrogen (secondary N) is 2. The van der Waals surface area contributed by atoms with Gasteiger partial charge >= 0.3 is 0 Å². The number of hydrogen-bond donors (Lipinski definition) is 2. The zero-order valence-electron chi connectivity index (χ0n) is 15.3. The van der Waals surface area contributed by atoms with E-state index in [1.165, 1.54) is 23.9 Å². The van der Waals surface area contributed by atoms with Gasteiger partial charge in [-0.3, -0.25) is 9.52 Å². The number of carbonyl (C=O) groups excluding carboxylic acids is 1.